The second-order valence-corrected chi connectivity index (χ2v) is 12.8. The van der Waals surface area contributed by atoms with Crippen LogP contribution in [0.2, 0.25) is 5.02 Å². The van der Waals surface area contributed by atoms with Gasteiger partial charge in [0, 0.05) is 10.8 Å². The summed E-state index contributed by atoms with van der Waals surface area (Å²) in [4.78, 5) is 12.5. The molecule has 0 fully saturated rings. The number of anilines is 1. The molecule has 0 spiro atoms. The number of halogens is 1. The molecule has 2 aromatic heterocycles. The average Bonchev–Trinajstić information content (AvgIpc) is 3.42. The van der Waals surface area contributed by atoms with Crippen molar-refractivity contribution in [3.05, 3.63) is 98.6 Å². The smallest absolute Gasteiger partial charge is 0.294 e. The number of thiazole rings is 1. The van der Waals surface area contributed by atoms with Crippen LogP contribution in [0.3, 0.4) is 0 Å². The fraction of sp³-hybridized carbons (Fsp3) is 0.0870. The van der Waals surface area contributed by atoms with Crippen molar-refractivity contribution < 1.29 is 8.42 Å². The van der Waals surface area contributed by atoms with Gasteiger partial charge in [-0.15, -0.1) is 10.2 Å². The lowest BCUT2D eigenvalue weighted by atomic mass is 10.2. The minimum absolute atomic E-state index is 0.0542. The van der Waals surface area contributed by atoms with E-state index in [1.807, 2.05) is 42.5 Å². The first-order valence-corrected chi connectivity index (χ1v) is 14.8. The van der Waals surface area contributed by atoms with Gasteiger partial charge >= 0.3 is 4.87 Å². The van der Waals surface area contributed by atoms with Crippen molar-refractivity contribution >= 4 is 71.4 Å². The highest BCUT2D eigenvalue weighted by atomic mass is 35.5. The summed E-state index contributed by atoms with van der Waals surface area (Å²) in [5.74, 6) is 0.713. The number of sulfonamides is 1. The van der Waals surface area contributed by atoms with Crippen LogP contribution in [0.5, 0.6) is 0 Å². The summed E-state index contributed by atoms with van der Waals surface area (Å²) in [5.41, 5.74) is 2.74. The first kappa shape index (κ1) is 24.0. The number of aromatic nitrogens is 3. The normalized spacial score (nSPS) is 11.7. The zero-order chi connectivity index (χ0) is 24.4. The quantitative estimate of drug-likeness (QED) is 0.244. The molecule has 0 atom stereocenters. The number of benzene rings is 3. The van der Waals surface area contributed by atoms with Crippen LogP contribution in [0.15, 0.2) is 86.8 Å². The lowest BCUT2D eigenvalue weighted by Gasteiger charge is -2.07. The monoisotopic (exact) mass is 560 g/mol. The van der Waals surface area contributed by atoms with E-state index in [0.717, 1.165) is 22.5 Å². The predicted molar refractivity (Wildman–Crippen MR) is 143 cm³/mol. The van der Waals surface area contributed by atoms with E-state index in [0.29, 0.717) is 31.9 Å². The molecule has 0 saturated heterocycles. The molecular weight excluding hydrogens is 544 g/mol. The molecule has 12 heteroatoms. The van der Waals surface area contributed by atoms with E-state index in [9.17, 15) is 13.2 Å². The highest BCUT2D eigenvalue weighted by Gasteiger charge is 2.19. The van der Waals surface area contributed by atoms with Gasteiger partial charge in [0.25, 0.3) is 10.0 Å². The number of rotatable bonds is 8. The Morgan fingerprint density at radius 2 is 1.71 bits per heavy atom. The molecular formula is C23H17ClN4O3S4. The lowest BCUT2D eigenvalue weighted by molar-refractivity contribution is 0.601. The number of hydrogen-bond donors (Lipinski definition) is 1. The van der Waals surface area contributed by atoms with Gasteiger partial charge < -0.3 is 0 Å². The molecule has 0 saturated carbocycles. The number of fused-ring (bicyclic) bond motifs is 1. The maximum atomic E-state index is 13.0. The van der Waals surface area contributed by atoms with Gasteiger partial charge in [-0.3, -0.25) is 14.1 Å². The SMILES string of the molecule is O=c1sc2cc(S(=O)(=O)Nc3nnc(SCc4ccccc4)s3)ccc2n1Cc1ccc(Cl)cc1. The standard InChI is InChI=1S/C23H17ClN4O3S4/c24-17-8-6-15(7-9-17)13-28-19-11-10-18(12-20(19)33-23(28)29)35(30,31)27-21-25-26-22(34-21)32-14-16-4-2-1-3-5-16/h1-12H,13-14H2,(H,25,27). The zero-order valence-corrected chi connectivity index (χ0v) is 21.9. The third-order valence-corrected chi connectivity index (χ3v) is 9.74. The maximum Gasteiger partial charge on any atom is 0.308 e. The Bertz CT molecular complexity index is 1650. The van der Waals surface area contributed by atoms with Crippen LogP contribution in [-0.2, 0) is 22.3 Å². The number of nitrogens with zero attached hydrogens (tertiary/aromatic N) is 3. The summed E-state index contributed by atoms with van der Waals surface area (Å²) < 4.78 is 31.3. The van der Waals surface area contributed by atoms with Gasteiger partial charge in [-0.1, -0.05) is 88.5 Å². The van der Waals surface area contributed by atoms with E-state index in [-0.39, 0.29) is 14.9 Å². The Labute approximate surface area is 218 Å². The van der Waals surface area contributed by atoms with Crippen molar-refractivity contribution in [3.8, 4) is 0 Å². The molecule has 0 aliphatic heterocycles. The van der Waals surface area contributed by atoms with Crippen molar-refractivity contribution in [2.24, 2.45) is 0 Å². The Hall–Kier alpha value is -2.70. The highest BCUT2D eigenvalue weighted by Crippen LogP contribution is 2.30. The lowest BCUT2D eigenvalue weighted by Crippen LogP contribution is -2.14. The molecule has 0 radical (unpaired) electrons. The van der Waals surface area contributed by atoms with E-state index in [2.05, 4.69) is 14.9 Å². The fourth-order valence-corrected chi connectivity index (χ4v) is 7.43. The Kier molecular flexibility index (Phi) is 6.94. The van der Waals surface area contributed by atoms with Crippen molar-refractivity contribution in [3.63, 3.8) is 0 Å². The van der Waals surface area contributed by atoms with Gasteiger partial charge in [-0.2, -0.15) is 0 Å². The average molecular weight is 561 g/mol. The Balaban J connectivity index is 1.33. The molecule has 3 aromatic carbocycles. The van der Waals surface area contributed by atoms with Crippen molar-refractivity contribution in [2.75, 3.05) is 4.72 Å². The van der Waals surface area contributed by atoms with Crippen molar-refractivity contribution in [2.45, 2.75) is 21.5 Å². The molecule has 35 heavy (non-hydrogen) atoms. The molecule has 2 heterocycles. The van der Waals surface area contributed by atoms with Gasteiger partial charge in [-0.05, 0) is 41.5 Å². The minimum atomic E-state index is -3.90. The second kappa shape index (κ2) is 10.1. The maximum absolute atomic E-state index is 13.0. The summed E-state index contributed by atoms with van der Waals surface area (Å²) in [6.45, 7) is 0.370. The van der Waals surface area contributed by atoms with Crippen LogP contribution in [-0.4, -0.2) is 23.2 Å². The van der Waals surface area contributed by atoms with E-state index >= 15 is 0 Å². The highest BCUT2D eigenvalue weighted by molar-refractivity contribution is 8.00. The molecule has 5 rings (SSSR count). The topological polar surface area (TPSA) is 93.9 Å². The molecule has 1 N–H and O–H groups in total. The largest absolute Gasteiger partial charge is 0.308 e. The van der Waals surface area contributed by atoms with Gasteiger partial charge in [0.15, 0.2) is 4.34 Å². The van der Waals surface area contributed by atoms with Gasteiger partial charge in [0.1, 0.15) is 0 Å². The predicted octanol–water partition coefficient (Wildman–Crippen LogP) is 5.71. The zero-order valence-electron chi connectivity index (χ0n) is 17.9. The van der Waals surface area contributed by atoms with E-state index in [1.165, 1.54) is 35.2 Å². The molecule has 7 nitrogen and oxygen atoms in total. The van der Waals surface area contributed by atoms with Crippen LogP contribution in [0, 0.1) is 0 Å². The molecule has 178 valence electrons. The van der Waals surface area contributed by atoms with Crippen LogP contribution >= 0.6 is 46.0 Å². The summed E-state index contributed by atoms with van der Waals surface area (Å²) in [6, 6.07) is 21.8. The van der Waals surface area contributed by atoms with Crippen molar-refractivity contribution in [1.82, 2.24) is 14.8 Å². The van der Waals surface area contributed by atoms with E-state index in [1.54, 1.807) is 22.8 Å². The van der Waals surface area contributed by atoms with Gasteiger partial charge in [-0.25, -0.2) is 8.42 Å². The molecule has 0 bridgehead atoms. The molecule has 5 aromatic rings. The van der Waals surface area contributed by atoms with E-state index in [4.69, 9.17) is 11.6 Å². The first-order valence-electron chi connectivity index (χ1n) is 10.3. The van der Waals surface area contributed by atoms with Crippen LogP contribution < -0.4 is 9.60 Å². The number of nitrogens with one attached hydrogen (secondary N) is 1. The first-order chi connectivity index (χ1) is 16.9. The Morgan fingerprint density at radius 3 is 2.49 bits per heavy atom. The van der Waals surface area contributed by atoms with Gasteiger partial charge in [0.05, 0.1) is 21.7 Å². The van der Waals surface area contributed by atoms with Gasteiger partial charge in [0.2, 0.25) is 5.13 Å². The van der Waals surface area contributed by atoms with Crippen LogP contribution in [0.25, 0.3) is 10.2 Å². The van der Waals surface area contributed by atoms with E-state index < -0.39 is 10.0 Å². The molecule has 0 unspecified atom stereocenters. The third-order valence-electron chi connectivity index (χ3n) is 5.04. The summed E-state index contributed by atoms with van der Waals surface area (Å²) in [7, 11) is -3.90. The van der Waals surface area contributed by atoms with Crippen LogP contribution in [0.1, 0.15) is 11.1 Å². The molecule has 0 amide bonds. The number of thioether (sulfide) groups is 1. The second-order valence-electron chi connectivity index (χ2n) is 7.46. The summed E-state index contributed by atoms with van der Waals surface area (Å²) in [5, 5.41) is 8.85. The van der Waals surface area contributed by atoms with Crippen molar-refractivity contribution in [1.29, 1.82) is 0 Å². The molecule has 0 aliphatic rings. The third kappa shape index (κ3) is 5.60. The van der Waals surface area contributed by atoms with Crippen LogP contribution in [0.4, 0.5) is 5.13 Å². The Morgan fingerprint density at radius 1 is 0.943 bits per heavy atom. The minimum Gasteiger partial charge on any atom is -0.294 e. The fourth-order valence-electron chi connectivity index (χ4n) is 3.34. The molecule has 0 aliphatic carbocycles. The number of hydrogen-bond acceptors (Lipinski definition) is 8. The summed E-state index contributed by atoms with van der Waals surface area (Å²) in [6.07, 6.45) is 0. The summed E-state index contributed by atoms with van der Waals surface area (Å²) >= 11 is 9.62.